The van der Waals surface area contributed by atoms with Gasteiger partial charge in [0.05, 0.1) is 6.61 Å². The fraction of sp³-hybridized carbons (Fsp3) is 0.611. The number of benzene rings is 1. The molecule has 0 saturated carbocycles. The van der Waals surface area contributed by atoms with Gasteiger partial charge in [0.25, 0.3) is 0 Å². The molecule has 1 saturated heterocycles. The van der Waals surface area contributed by atoms with Gasteiger partial charge in [-0.3, -0.25) is 9.89 Å². The van der Waals surface area contributed by atoms with E-state index >= 15 is 0 Å². The molecule has 1 aromatic rings. The Morgan fingerprint density at radius 2 is 1.89 bits per heavy atom. The van der Waals surface area contributed by atoms with Gasteiger partial charge in [0.1, 0.15) is 6.04 Å². The standard InChI is InChI=1S/C18H26F4N4O.HI/c1-4-27-16-6-5-14(11-15(16)19)12-24-17(23-3)26-9-7-25(8-10-26)13(2)18(20,21)22;/h5-6,11,13H,4,7-10,12H2,1-3H3,(H,23,24);1H. The third-order valence-electron chi connectivity index (χ3n) is 4.59. The van der Waals surface area contributed by atoms with Crippen molar-refractivity contribution in [2.24, 2.45) is 4.99 Å². The summed E-state index contributed by atoms with van der Waals surface area (Å²) in [4.78, 5) is 7.52. The highest BCUT2D eigenvalue weighted by molar-refractivity contribution is 14.0. The van der Waals surface area contributed by atoms with Gasteiger partial charge in [-0.15, -0.1) is 24.0 Å². The van der Waals surface area contributed by atoms with E-state index in [9.17, 15) is 17.6 Å². The second kappa shape index (κ2) is 11.0. The first-order chi connectivity index (χ1) is 12.8. The lowest BCUT2D eigenvalue weighted by atomic mass is 10.2. The van der Waals surface area contributed by atoms with Crippen LogP contribution >= 0.6 is 24.0 Å². The van der Waals surface area contributed by atoms with Gasteiger partial charge in [-0.1, -0.05) is 6.07 Å². The average Bonchev–Trinajstić information content (AvgIpc) is 2.63. The van der Waals surface area contributed by atoms with Crippen molar-refractivity contribution in [2.75, 3.05) is 39.8 Å². The number of nitrogens with zero attached hydrogens (tertiary/aromatic N) is 3. The number of piperazine rings is 1. The summed E-state index contributed by atoms with van der Waals surface area (Å²) in [5.41, 5.74) is 0.724. The van der Waals surface area contributed by atoms with Crippen molar-refractivity contribution in [3.63, 3.8) is 0 Å². The normalized spacial score (nSPS) is 17.1. The van der Waals surface area contributed by atoms with Crippen molar-refractivity contribution in [1.29, 1.82) is 0 Å². The SMILES string of the molecule is CCOc1ccc(CNC(=NC)N2CCN(C(C)C(F)(F)F)CC2)cc1F.I. The smallest absolute Gasteiger partial charge is 0.403 e. The summed E-state index contributed by atoms with van der Waals surface area (Å²) in [7, 11) is 1.62. The number of ether oxygens (including phenoxy) is 1. The maximum absolute atomic E-state index is 13.9. The highest BCUT2D eigenvalue weighted by Crippen LogP contribution is 2.25. The fourth-order valence-electron chi connectivity index (χ4n) is 2.97. The Balaban J connectivity index is 0.00000392. The summed E-state index contributed by atoms with van der Waals surface area (Å²) in [6.07, 6.45) is -4.22. The minimum atomic E-state index is -4.22. The fourth-order valence-corrected chi connectivity index (χ4v) is 2.97. The van der Waals surface area contributed by atoms with Gasteiger partial charge in [0.2, 0.25) is 0 Å². The zero-order chi connectivity index (χ0) is 20.0. The van der Waals surface area contributed by atoms with Crippen molar-refractivity contribution in [1.82, 2.24) is 15.1 Å². The Hall–Kier alpha value is -1.30. The quantitative estimate of drug-likeness (QED) is 0.281. The van der Waals surface area contributed by atoms with Crippen LogP contribution in [0.3, 0.4) is 0 Å². The molecule has 28 heavy (non-hydrogen) atoms. The second-order valence-electron chi connectivity index (χ2n) is 6.34. The number of guanidine groups is 1. The van der Waals surface area contributed by atoms with Crippen LogP contribution in [0.5, 0.6) is 5.75 Å². The Morgan fingerprint density at radius 3 is 2.39 bits per heavy atom. The van der Waals surface area contributed by atoms with Gasteiger partial charge < -0.3 is 15.0 Å². The van der Waals surface area contributed by atoms with Crippen LogP contribution in [0.4, 0.5) is 17.6 Å². The van der Waals surface area contributed by atoms with E-state index in [-0.39, 0.29) is 29.7 Å². The van der Waals surface area contributed by atoms with Crippen LogP contribution in [0.2, 0.25) is 0 Å². The molecule has 1 N–H and O–H groups in total. The molecule has 160 valence electrons. The molecule has 5 nitrogen and oxygen atoms in total. The summed E-state index contributed by atoms with van der Waals surface area (Å²) in [6.45, 7) is 5.21. The third kappa shape index (κ3) is 6.64. The largest absolute Gasteiger partial charge is 0.491 e. The molecular weight excluding hydrogens is 491 g/mol. The Bertz CT molecular complexity index is 649. The predicted molar refractivity (Wildman–Crippen MR) is 112 cm³/mol. The molecule has 1 fully saturated rings. The second-order valence-corrected chi connectivity index (χ2v) is 6.34. The molecule has 0 aromatic heterocycles. The van der Waals surface area contributed by atoms with Crippen molar-refractivity contribution < 1.29 is 22.3 Å². The molecule has 1 atom stereocenters. The number of rotatable bonds is 5. The van der Waals surface area contributed by atoms with E-state index in [2.05, 4.69) is 10.3 Å². The van der Waals surface area contributed by atoms with E-state index in [1.54, 1.807) is 26.1 Å². The van der Waals surface area contributed by atoms with E-state index in [4.69, 9.17) is 4.74 Å². The molecule has 10 heteroatoms. The van der Waals surface area contributed by atoms with E-state index in [0.717, 1.165) is 5.56 Å². The number of alkyl halides is 3. The van der Waals surface area contributed by atoms with Crippen molar-refractivity contribution in [3.8, 4) is 5.75 Å². The Labute approximate surface area is 180 Å². The number of nitrogens with one attached hydrogen (secondary N) is 1. The molecule has 1 unspecified atom stereocenters. The first-order valence-electron chi connectivity index (χ1n) is 8.93. The van der Waals surface area contributed by atoms with Gasteiger partial charge in [0, 0.05) is 39.8 Å². The highest BCUT2D eigenvalue weighted by atomic mass is 127. The summed E-state index contributed by atoms with van der Waals surface area (Å²) >= 11 is 0. The van der Waals surface area contributed by atoms with Crippen LogP contribution in [0.25, 0.3) is 0 Å². The molecule has 0 amide bonds. The van der Waals surface area contributed by atoms with Crippen molar-refractivity contribution >= 4 is 29.9 Å². The average molecular weight is 518 g/mol. The number of aliphatic imine (C=N–C) groups is 1. The summed E-state index contributed by atoms with van der Waals surface area (Å²) in [6, 6.07) is 3.28. The predicted octanol–water partition coefficient (Wildman–Crippen LogP) is 3.49. The lowest BCUT2D eigenvalue weighted by Crippen LogP contribution is -2.56. The van der Waals surface area contributed by atoms with Crippen LogP contribution in [0, 0.1) is 5.82 Å². The molecule has 0 bridgehead atoms. The Kier molecular flexibility index (Phi) is 9.75. The molecule has 1 heterocycles. The monoisotopic (exact) mass is 518 g/mol. The maximum Gasteiger partial charge on any atom is 0.403 e. The zero-order valence-corrected chi connectivity index (χ0v) is 18.6. The van der Waals surface area contributed by atoms with E-state index < -0.39 is 18.0 Å². The molecule has 0 spiro atoms. The van der Waals surface area contributed by atoms with Gasteiger partial charge in [-0.25, -0.2) is 4.39 Å². The van der Waals surface area contributed by atoms with Gasteiger partial charge in [0.15, 0.2) is 17.5 Å². The lowest BCUT2D eigenvalue weighted by molar-refractivity contribution is -0.181. The van der Waals surface area contributed by atoms with Crippen LogP contribution < -0.4 is 10.1 Å². The maximum atomic E-state index is 13.9. The topological polar surface area (TPSA) is 40.1 Å². The van der Waals surface area contributed by atoms with E-state index in [1.807, 2.05) is 4.90 Å². The minimum absolute atomic E-state index is 0. The summed E-state index contributed by atoms with van der Waals surface area (Å²) in [5.74, 6) is 0.366. The van der Waals surface area contributed by atoms with Crippen molar-refractivity contribution in [2.45, 2.75) is 32.6 Å². The van der Waals surface area contributed by atoms with Gasteiger partial charge in [-0.05, 0) is 31.5 Å². The third-order valence-corrected chi connectivity index (χ3v) is 4.59. The number of halogens is 5. The highest BCUT2D eigenvalue weighted by Gasteiger charge is 2.41. The van der Waals surface area contributed by atoms with Crippen LogP contribution in [0.1, 0.15) is 19.4 Å². The molecule has 1 aromatic carbocycles. The first kappa shape index (κ1) is 24.7. The number of hydrogen-bond donors (Lipinski definition) is 1. The van der Waals surface area contributed by atoms with Gasteiger partial charge >= 0.3 is 6.18 Å². The number of hydrogen-bond acceptors (Lipinski definition) is 3. The van der Waals surface area contributed by atoms with Crippen molar-refractivity contribution in [3.05, 3.63) is 29.6 Å². The molecule has 0 radical (unpaired) electrons. The molecule has 0 aliphatic carbocycles. The van der Waals surface area contributed by atoms with E-state index in [0.29, 0.717) is 45.3 Å². The van der Waals surface area contributed by atoms with Crippen LogP contribution in [0.15, 0.2) is 23.2 Å². The Morgan fingerprint density at radius 1 is 1.25 bits per heavy atom. The van der Waals surface area contributed by atoms with Gasteiger partial charge in [-0.2, -0.15) is 13.2 Å². The molecular formula is C18H27F4IN4O. The lowest BCUT2D eigenvalue weighted by Gasteiger charge is -2.39. The first-order valence-corrected chi connectivity index (χ1v) is 8.93. The van der Waals surface area contributed by atoms with Crippen LogP contribution in [-0.2, 0) is 6.54 Å². The molecule has 1 aliphatic heterocycles. The van der Waals surface area contributed by atoms with E-state index in [1.165, 1.54) is 17.9 Å². The molecule has 1 aliphatic rings. The van der Waals surface area contributed by atoms with Crippen LogP contribution in [-0.4, -0.2) is 67.8 Å². The minimum Gasteiger partial charge on any atom is -0.491 e. The zero-order valence-electron chi connectivity index (χ0n) is 16.2. The summed E-state index contributed by atoms with van der Waals surface area (Å²) < 4.78 is 57.6. The summed E-state index contributed by atoms with van der Waals surface area (Å²) in [5, 5.41) is 3.14. The molecule has 2 rings (SSSR count).